The first kappa shape index (κ1) is 12.2. The molecule has 0 heterocycles. The van der Waals surface area contributed by atoms with E-state index in [0.29, 0.717) is 18.0 Å². The van der Waals surface area contributed by atoms with E-state index < -0.39 is 9.84 Å². The van der Waals surface area contributed by atoms with Gasteiger partial charge in [-0.3, -0.25) is 0 Å². The van der Waals surface area contributed by atoms with E-state index in [9.17, 15) is 8.42 Å². The van der Waals surface area contributed by atoms with Gasteiger partial charge in [-0.15, -0.1) is 0 Å². The van der Waals surface area contributed by atoms with Gasteiger partial charge in [0, 0.05) is 19.3 Å². The Kier molecular flexibility index (Phi) is 4.26. The second kappa shape index (κ2) is 5.25. The predicted octanol–water partition coefficient (Wildman–Crippen LogP) is 0.172. The fourth-order valence-electron chi connectivity index (χ4n) is 1.17. The van der Waals surface area contributed by atoms with Gasteiger partial charge in [0.05, 0.1) is 11.5 Å². The molecule has 1 rings (SSSR count). The Bertz CT molecular complexity index is 397. The van der Waals surface area contributed by atoms with E-state index in [4.69, 9.17) is 5.11 Å². The van der Waals surface area contributed by atoms with Crippen molar-refractivity contribution in [3.8, 4) is 0 Å². The van der Waals surface area contributed by atoms with Crippen LogP contribution in [-0.2, 0) is 16.4 Å². The van der Waals surface area contributed by atoms with E-state index in [1.807, 2.05) is 0 Å². The number of sulfone groups is 1. The highest BCUT2D eigenvalue weighted by molar-refractivity contribution is 7.90. The van der Waals surface area contributed by atoms with Crippen LogP contribution >= 0.6 is 0 Å². The maximum absolute atomic E-state index is 11.2. The van der Waals surface area contributed by atoms with E-state index in [-0.39, 0.29) is 6.61 Å². The molecule has 0 aromatic heterocycles. The van der Waals surface area contributed by atoms with Gasteiger partial charge >= 0.3 is 0 Å². The van der Waals surface area contributed by atoms with E-state index in [2.05, 4.69) is 5.32 Å². The van der Waals surface area contributed by atoms with Crippen LogP contribution in [0, 0.1) is 0 Å². The lowest BCUT2D eigenvalue weighted by Crippen LogP contribution is -2.17. The standard InChI is InChI=1S/C10H15NO3S/c1-15(13,14)10-4-2-9(3-5-10)8-11-6-7-12/h2-5,11-12H,6-8H2,1H3. The molecule has 2 N–H and O–H groups in total. The normalized spacial score (nSPS) is 11.6. The van der Waals surface area contributed by atoms with Crippen LogP contribution in [0.4, 0.5) is 0 Å². The first-order chi connectivity index (χ1) is 7.04. The summed E-state index contributed by atoms with van der Waals surface area (Å²) in [6, 6.07) is 6.71. The molecule has 0 aliphatic heterocycles. The van der Waals surface area contributed by atoms with Gasteiger partial charge in [0.2, 0.25) is 0 Å². The van der Waals surface area contributed by atoms with Gasteiger partial charge < -0.3 is 10.4 Å². The number of benzene rings is 1. The van der Waals surface area contributed by atoms with Crippen LogP contribution in [0.2, 0.25) is 0 Å². The van der Waals surface area contributed by atoms with Gasteiger partial charge in [0.1, 0.15) is 0 Å². The fourth-order valence-corrected chi connectivity index (χ4v) is 1.80. The van der Waals surface area contributed by atoms with Crippen LogP contribution in [0.1, 0.15) is 5.56 Å². The molecule has 0 atom stereocenters. The molecule has 4 nitrogen and oxygen atoms in total. The molecule has 0 bridgehead atoms. The topological polar surface area (TPSA) is 66.4 Å². The third kappa shape index (κ3) is 3.99. The van der Waals surface area contributed by atoms with Crippen LogP contribution in [0.15, 0.2) is 29.2 Å². The summed E-state index contributed by atoms with van der Waals surface area (Å²) in [5.74, 6) is 0. The zero-order chi connectivity index (χ0) is 11.3. The zero-order valence-electron chi connectivity index (χ0n) is 8.60. The first-order valence-electron chi connectivity index (χ1n) is 4.64. The van der Waals surface area contributed by atoms with Crippen LogP contribution in [0.5, 0.6) is 0 Å². The molecule has 0 spiro atoms. The molecule has 1 aromatic carbocycles. The van der Waals surface area contributed by atoms with Crippen molar-refractivity contribution >= 4 is 9.84 Å². The summed E-state index contributed by atoms with van der Waals surface area (Å²) in [7, 11) is -3.11. The molecule has 15 heavy (non-hydrogen) atoms. The molecule has 0 unspecified atom stereocenters. The Balaban J connectivity index is 2.65. The largest absolute Gasteiger partial charge is 0.395 e. The van der Waals surface area contributed by atoms with Gasteiger partial charge in [-0.2, -0.15) is 0 Å². The van der Waals surface area contributed by atoms with Gasteiger partial charge in [-0.1, -0.05) is 12.1 Å². The summed E-state index contributed by atoms with van der Waals surface area (Å²) in [6.07, 6.45) is 1.19. The maximum Gasteiger partial charge on any atom is 0.175 e. The molecule has 0 saturated carbocycles. The Hall–Kier alpha value is -0.910. The lowest BCUT2D eigenvalue weighted by atomic mass is 10.2. The zero-order valence-corrected chi connectivity index (χ0v) is 9.42. The van der Waals surface area contributed by atoms with Gasteiger partial charge in [0.25, 0.3) is 0 Å². The average molecular weight is 229 g/mol. The highest BCUT2D eigenvalue weighted by Crippen LogP contribution is 2.09. The molecule has 5 heteroatoms. The molecule has 84 valence electrons. The molecule has 0 radical (unpaired) electrons. The van der Waals surface area contributed by atoms with E-state index in [1.165, 1.54) is 6.26 Å². The maximum atomic E-state index is 11.2. The number of nitrogens with one attached hydrogen (secondary N) is 1. The molecular weight excluding hydrogens is 214 g/mol. The van der Waals surface area contributed by atoms with Crippen molar-refractivity contribution in [1.82, 2.24) is 5.32 Å². The van der Waals surface area contributed by atoms with E-state index in [0.717, 1.165) is 5.56 Å². The molecule has 0 aliphatic rings. The molecular formula is C10H15NO3S. The Morgan fingerprint density at radius 3 is 2.33 bits per heavy atom. The monoisotopic (exact) mass is 229 g/mol. The summed E-state index contributed by atoms with van der Waals surface area (Å²) in [4.78, 5) is 0.327. The second-order valence-corrected chi connectivity index (χ2v) is 5.33. The summed E-state index contributed by atoms with van der Waals surface area (Å²) >= 11 is 0. The fraction of sp³-hybridized carbons (Fsp3) is 0.400. The van der Waals surface area contributed by atoms with Crippen molar-refractivity contribution in [3.05, 3.63) is 29.8 Å². The minimum atomic E-state index is -3.11. The minimum Gasteiger partial charge on any atom is -0.395 e. The number of aliphatic hydroxyl groups excluding tert-OH is 1. The van der Waals surface area contributed by atoms with Crippen LogP contribution in [-0.4, -0.2) is 32.9 Å². The van der Waals surface area contributed by atoms with Crippen LogP contribution in [0.25, 0.3) is 0 Å². The summed E-state index contributed by atoms with van der Waals surface area (Å²) in [6.45, 7) is 1.26. The molecule has 0 fully saturated rings. The van der Waals surface area contributed by atoms with Crippen LogP contribution in [0.3, 0.4) is 0 Å². The van der Waals surface area contributed by atoms with E-state index >= 15 is 0 Å². The highest BCUT2D eigenvalue weighted by Gasteiger charge is 2.05. The number of hydrogen-bond donors (Lipinski definition) is 2. The van der Waals surface area contributed by atoms with E-state index in [1.54, 1.807) is 24.3 Å². The molecule has 0 amide bonds. The van der Waals surface area contributed by atoms with Crippen molar-refractivity contribution in [1.29, 1.82) is 0 Å². The lowest BCUT2D eigenvalue weighted by Gasteiger charge is -2.03. The van der Waals surface area contributed by atoms with Crippen molar-refractivity contribution < 1.29 is 13.5 Å². The minimum absolute atomic E-state index is 0.0986. The van der Waals surface area contributed by atoms with Crippen LogP contribution < -0.4 is 5.32 Å². The molecule has 0 aliphatic carbocycles. The summed E-state index contributed by atoms with van der Waals surface area (Å²) in [5.41, 5.74) is 0.996. The average Bonchev–Trinajstić information content (AvgIpc) is 2.18. The smallest absolute Gasteiger partial charge is 0.175 e. The predicted molar refractivity (Wildman–Crippen MR) is 58.3 cm³/mol. The van der Waals surface area contributed by atoms with Gasteiger partial charge in [-0.25, -0.2) is 8.42 Å². The molecule has 1 aromatic rings. The van der Waals surface area contributed by atoms with Gasteiger partial charge in [0.15, 0.2) is 9.84 Å². The third-order valence-electron chi connectivity index (χ3n) is 1.97. The number of hydrogen-bond acceptors (Lipinski definition) is 4. The quantitative estimate of drug-likeness (QED) is 0.706. The lowest BCUT2D eigenvalue weighted by molar-refractivity contribution is 0.292. The summed E-state index contributed by atoms with van der Waals surface area (Å²) in [5, 5.41) is 11.6. The Labute approximate surface area is 89.9 Å². The second-order valence-electron chi connectivity index (χ2n) is 3.32. The Morgan fingerprint density at radius 1 is 1.27 bits per heavy atom. The van der Waals surface area contributed by atoms with Crippen molar-refractivity contribution in [3.63, 3.8) is 0 Å². The van der Waals surface area contributed by atoms with Gasteiger partial charge in [-0.05, 0) is 17.7 Å². The molecule has 0 saturated heterocycles. The Morgan fingerprint density at radius 2 is 1.87 bits per heavy atom. The van der Waals surface area contributed by atoms with Crippen molar-refractivity contribution in [2.24, 2.45) is 0 Å². The first-order valence-corrected chi connectivity index (χ1v) is 6.54. The highest BCUT2D eigenvalue weighted by atomic mass is 32.2. The SMILES string of the molecule is CS(=O)(=O)c1ccc(CNCCO)cc1. The summed E-state index contributed by atoms with van der Waals surface area (Å²) < 4.78 is 22.3. The van der Waals surface area contributed by atoms with Crippen molar-refractivity contribution in [2.75, 3.05) is 19.4 Å². The van der Waals surface area contributed by atoms with Crippen molar-refractivity contribution in [2.45, 2.75) is 11.4 Å². The number of aliphatic hydroxyl groups is 1. The number of rotatable bonds is 5. The third-order valence-corrected chi connectivity index (χ3v) is 3.10.